The van der Waals surface area contributed by atoms with Gasteiger partial charge in [0.15, 0.2) is 5.60 Å². The minimum Gasteiger partial charge on any atom is -0.478 e. The third kappa shape index (κ3) is 7.74. The van der Waals surface area contributed by atoms with Crippen LogP contribution < -0.4 is 15.0 Å². The van der Waals surface area contributed by atoms with Crippen LogP contribution in [0.25, 0.3) is 11.1 Å². The number of aromatic amines is 1. The molecule has 9 nitrogen and oxygen atoms in total. The van der Waals surface area contributed by atoms with Gasteiger partial charge in [0, 0.05) is 75.9 Å². The van der Waals surface area contributed by atoms with Crippen molar-refractivity contribution in [3.8, 4) is 16.9 Å². The van der Waals surface area contributed by atoms with Gasteiger partial charge in [0.2, 0.25) is 5.91 Å². The fraction of sp³-hybridized carbons (Fsp3) is 0.500. The number of halogens is 1. The highest BCUT2D eigenvalue weighted by Crippen LogP contribution is 2.33. The number of carbonyl (C=O) groups excluding carboxylic acids is 2. The highest BCUT2D eigenvalue weighted by Gasteiger charge is 2.36. The number of nitrogens with zero attached hydrogens (tertiary/aromatic N) is 4. The summed E-state index contributed by atoms with van der Waals surface area (Å²) in [5.74, 6) is 1.51. The number of piperazine rings is 1. The zero-order valence-corrected chi connectivity index (χ0v) is 26.7. The number of anilines is 1. The Morgan fingerprint density at radius 1 is 1.02 bits per heavy atom. The molecule has 2 N–H and O–H groups in total. The molecule has 3 heterocycles. The van der Waals surface area contributed by atoms with Crippen molar-refractivity contribution in [3.63, 3.8) is 0 Å². The standard InChI is InChI=1S/C34H44N6O3.ClH/c1-34(2,33(42)38-17-14-35-15-18-38)43-31-7-3-6-30(19-31)39-16-4-5-28(24-39)32(41)40(22-25-8-9-25)23-26-10-12-27(13-11-26)29-20-36-37-21-29;/h3,6-7,10-13,19-21,25,28,35H,4-5,8-9,14-18,22-24H2,1-2H3,(H,36,37);1H/t28-;/m1./s1. The maximum Gasteiger partial charge on any atom is 0.266 e. The molecule has 1 saturated carbocycles. The van der Waals surface area contributed by atoms with Crippen molar-refractivity contribution in [2.45, 2.75) is 51.7 Å². The summed E-state index contributed by atoms with van der Waals surface area (Å²) in [4.78, 5) is 33.5. The molecule has 0 radical (unpaired) electrons. The second-order valence-corrected chi connectivity index (χ2v) is 12.8. The van der Waals surface area contributed by atoms with Crippen LogP contribution in [0.1, 0.15) is 45.1 Å². The summed E-state index contributed by atoms with van der Waals surface area (Å²) in [5.41, 5.74) is 3.39. The van der Waals surface area contributed by atoms with E-state index in [4.69, 9.17) is 4.74 Å². The lowest BCUT2D eigenvalue weighted by Gasteiger charge is -2.37. The maximum atomic E-state index is 14.0. The van der Waals surface area contributed by atoms with Crippen LogP contribution in [0.3, 0.4) is 0 Å². The molecular formula is C34H45ClN6O3. The van der Waals surface area contributed by atoms with Crippen molar-refractivity contribution < 1.29 is 14.3 Å². The zero-order valence-electron chi connectivity index (χ0n) is 25.8. The second kappa shape index (κ2) is 14.0. The van der Waals surface area contributed by atoms with Gasteiger partial charge >= 0.3 is 0 Å². The average Bonchev–Trinajstić information content (AvgIpc) is 3.69. The zero-order chi connectivity index (χ0) is 29.8. The molecule has 1 aromatic heterocycles. The quantitative estimate of drug-likeness (QED) is 0.340. The molecule has 2 aromatic carbocycles. The van der Waals surface area contributed by atoms with Gasteiger partial charge in [-0.1, -0.05) is 30.3 Å². The van der Waals surface area contributed by atoms with Crippen LogP contribution in [0, 0.1) is 11.8 Å². The highest BCUT2D eigenvalue weighted by atomic mass is 35.5. The summed E-state index contributed by atoms with van der Waals surface area (Å²) in [7, 11) is 0. The van der Waals surface area contributed by atoms with Gasteiger partial charge in [0.05, 0.1) is 12.1 Å². The van der Waals surface area contributed by atoms with Gasteiger partial charge in [-0.05, 0) is 68.7 Å². The molecule has 0 spiro atoms. The van der Waals surface area contributed by atoms with Gasteiger partial charge in [0.1, 0.15) is 5.75 Å². The number of hydrogen-bond donors (Lipinski definition) is 2. The van der Waals surface area contributed by atoms with Crippen molar-refractivity contribution in [1.29, 1.82) is 0 Å². The van der Waals surface area contributed by atoms with Crippen molar-refractivity contribution in [2.75, 3.05) is 50.7 Å². The monoisotopic (exact) mass is 620 g/mol. The smallest absolute Gasteiger partial charge is 0.266 e. The second-order valence-electron chi connectivity index (χ2n) is 12.8. The van der Waals surface area contributed by atoms with Crippen LogP contribution in [0.5, 0.6) is 5.75 Å². The average molecular weight is 621 g/mol. The molecule has 3 aliphatic rings. The van der Waals surface area contributed by atoms with E-state index in [0.717, 1.165) is 61.4 Å². The minimum absolute atomic E-state index is 0. The molecule has 2 amide bonds. The van der Waals surface area contributed by atoms with Gasteiger partial charge < -0.3 is 24.8 Å². The summed E-state index contributed by atoms with van der Waals surface area (Å²) in [6.07, 6.45) is 8.00. The Hall–Kier alpha value is -3.56. The Morgan fingerprint density at radius 3 is 2.50 bits per heavy atom. The Labute approximate surface area is 266 Å². The first kappa shape index (κ1) is 31.9. The number of piperidine rings is 1. The number of ether oxygens (including phenoxy) is 1. The van der Waals surface area contributed by atoms with E-state index in [1.807, 2.05) is 49.3 Å². The van der Waals surface area contributed by atoms with Crippen molar-refractivity contribution in [2.24, 2.45) is 11.8 Å². The molecule has 2 saturated heterocycles. The van der Waals surface area contributed by atoms with Gasteiger partial charge in [0.25, 0.3) is 5.91 Å². The lowest BCUT2D eigenvalue weighted by atomic mass is 9.95. The summed E-state index contributed by atoms with van der Waals surface area (Å²) in [6.45, 7) is 9.76. The van der Waals surface area contributed by atoms with Crippen molar-refractivity contribution >= 4 is 29.9 Å². The molecule has 0 bridgehead atoms. The van der Waals surface area contributed by atoms with Crippen LogP contribution in [0.15, 0.2) is 60.9 Å². The van der Waals surface area contributed by atoms with E-state index in [2.05, 4.69) is 55.6 Å². The van der Waals surface area contributed by atoms with Gasteiger partial charge in [-0.25, -0.2) is 0 Å². The number of H-pyrrole nitrogens is 1. The molecule has 10 heteroatoms. The van der Waals surface area contributed by atoms with E-state index in [9.17, 15) is 9.59 Å². The lowest BCUT2D eigenvalue weighted by Crippen LogP contribution is -2.54. The fourth-order valence-corrected chi connectivity index (χ4v) is 6.28. The van der Waals surface area contributed by atoms with Gasteiger partial charge in [-0.2, -0.15) is 5.10 Å². The summed E-state index contributed by atoms with van der Waals surface area (Å²) < 4.78 is 6.29. The van der Waals surface area contributed by atoms with Crippen molar-refractivity contribution in [3.05, 3.63) is 66.5 Å². The summed E-state index contributed by atoms with van der Waals surface area (Å²) in [5, 5.41) is 10.2. The topological polar surface area (TPSA) is 93.8 Å². The molecule has 236 valence electrons. The molecule has 6 rings (SSSR count). The number of amides is 2. The van der Waals surface area contributed by atoms with E-state index < -0.39 is 5.60 Å². The number of nitrogens with one attached hydrogen (secondary N) is 2. The van der Waals surface area contributed by atoms with Gasteiger partial charge in [-0.3, -0.25) is 14.7 Å². The Balaban J connectivity index is 0.00000384. The number of benzene rings is 2. The Kier molecular flexibility index (Phi) is 10.2. The van der Waals surface area contributed by atoms with Gasteiger partial charge in [-0.15, -0.1) is 12.4 Å². The summed E-state index contributed by atoms with van der Waals surface area (Å²) >= 11 is 0. The Morgan fingerprint density at radius 2 is 1.80 bits per heavy atom. The predicted octanol–water partition coefficient (Wildman–Crippen LogP) is 4.74. The maximum absolute atomic E-state index is 14.0. The number of carbonyl (C=O) groups is 2. The molecule has 44 heavy (non-hydrogen) atoms. The molecule has 2 aliphatic heterocycles. The van der Waals surface area contributed by atoms with E-state index in [1.54, 1.807) is 0 Å². The molecular weight excluding hydrogens is 576 g/mol. The molecule has 0 unspecified atom stereocenters. The predicted molar refractivity (Wildman–Crippen MR) is 175 cm³/mol. The SMILES string of the molecule is CC(C)(Oc1cccc(N2CCC[C@@H](C(=O)N(Cc3ccc(-c4cn[nH]c4)cc3)CC3CC3)C2)c1)C(=O)N1CCNCC1.Cl. The van der Waals surface area contributed by atoms with E-state index in [0.29, 0.717) is 37.8 Å². The third-order valence-electron chi connectivity index (χ3n) is 8.89. The van der Waals surface area contributed by atoms with Crippen molar-refractivity contribution in [1.82, 2.24) is 25.3 Å². The first-order valence-corrected chi connectivity index (χ1v) is 15.8. The molecule has 1 atom stereocenters. The minimum atomic E-state index is -0.962. The number of rotatable bonds is 10. The first-order chi connectivity index (χ1) is 20.9. The van der Waals surface area contributed by atoms with Crippen LogP contribution in [0.4, 0.5) is 5.69 Å². The largest absolute Gasteiger partial charge is 0.478 e. The van der Waals surface area contributed by atoms with Crippen LogP contribution in [0.2, 0.25) is 0 Å². The van der Waals surface area contributed by atoms with E-state index >= 15 is 0 Å². The fourth-order valence-electron chi connectivity index (χ4n) is 6.28. The Bertz CT molecular complexity index is 1390. The number of hydrogen-bond acceptors (Lipinski definition) is 6. The van der Waals surface area contributed by atoms with E-state index in [1.165, 1.54) is 12.8 Å². The van der Waals surface area contributed by atoms with E-state index in [-0.39, 0.29) is 30.1 Å². The summed E-state index contributed by atoms with van der Waals surface area (Å²) in [6, 6.07) is 16.5. The molecule has 3 aromatic rings. The molecule has 3 fully saturated rings. The normalized spacial score (nSPS) is 18.8. The van der Waals surface area contributed by atoms with Crippen LogP contribution in [-0.2, 0) is 16.1 Å². The van der Waals surface area contributed by atoms with Crippen LogP contribution >= 0.6 is 12.4 Å². The number of aromatic nitrogens is 2. The highest BCUT2D eigenvalue weighted by molar-refractivity contribution is 5.85. The first-order valence-electron chi connectivity index (χ1n) is 15.8. The third-order valence-corrected chi connectivity index (χ3v) is 8.89. The van der Waals surface area contributed by atoms with Crippen LogP contribution in [-0.4, -0.2) is 83.2 Å². The molecule has 1 aliphatic carbocycles. The lowest BCUT2D eigenvalue weighted by molar-refractivity contribution is -0.146.